The number of carbonyl (C=O) groups is 1. The lowest BCUT2D eigenvalue weighted by Crippen LogP contribution is -2.35. The number of carboxylic acids is 1. The lowest BCUT2D eigenvalue weighted by Gasteiger charge is -2.31. The molecule has 0 bridgehead atoms. The molecule has 0 aromatic carbocycles. The van der Waals surface area contributed by atoms with Gasteiger partial charge in [-0.25, -0.2) is 0 Å². The average molecular weight is 224 g/mol. The first-order valence-electron chi connectivity index (χ1n) is 6.03. The molecule has 1 aliphatic rings. The number of hydrogen-bond donors (Lipinski definition) is 1. The maximum atomic E-state index is 10.5. The van der Waals surface area contributed by atoms with Gasteiger partial charge >= 0.3 is 5.97 Å². The Morgan fingerprint density at radius 1 is 1.38 bits per heavy atom. The highest BCUT2D eigenvalue weighted by Gasteiger charge is 2.20. The lowest BCUT2D eigenvalue weighted by atomic mass is 9.93. The van der Waals surface area contributed by atoms with Crippen molar-refractivity contribution in [3.05, 3.63) is 0 Å². The summed E-state index contributed by atoms with van der Waals surface area (Å²) < 4.78 is 0. The van der Waals surface area contributed by atoms with Crippen LogP contribution in [-0.2, 0) is 4.79 Å². The molecule has 0 radical (unpaired) electrons. The van der Waals surface area contributed by atoms with E-state index in [1.165, 1.54) is 0 Å². The Morgan fingerprint density at radius 3 is 2.62 bits per heavy atom. The van der Waals surface area contributed by atoms with Crippen LogP contribution in [0, 0.1) is 17.2 Å². The van der Waals surface area contributed by atoms with Gasteiger partial charge in [0.2, 0.25) is 0 Å². The van der Waals surface area contributed by atoms with E-state index in [1.54, 1.807) is 0 Å². The van der Waals surface area contributed by atoms with Gasteiger partial charge in [0.05, 0.1) is 6.07 Å². The number of carboxylic acid groups (broad SMARTS) is 1. The molecule has 0 amide bonds. The molecule has 1 N–H and O–H groups in total. The second-order valence-corrected chi connectivity index (χ2v) is 4.50. The fourth-order valence-corrected chi connectivity index (χ4v) is 2.20. The van der Waals surface area contributed by atoms with Crippen molar-refractivity contribution in [1.82, 2.24) is 4.90 Å². The van der Waals surface area contributed by atoms with Gasteiger partial charge in [0.15, 0.2) is 0 Å². The smallest absolute Gasteiger partial charge is 0.303 e. The van der Waals surface area contributed by atoms with E-state index in [4.69, 9.17) is 10.4 Å². The van der Waals surface area contributed by atoms with E-state index < -0.39 is 5.97 Å². The lowest BCUT2D eigenvalue weighted by molar-refractivity contribution is -0.138. The molecule has 1 fully saturated rings. The monoisotopic (exact) mass is 224 g/mol. The van der Waals surface area contributed by atoms with Crippen molar-refractivity contribution in [2.45, 2.75) is 38.5 Å². The van der Waals surface area contributed by atoms with Crippen molar-refractivity contribution < 1.29 is 9.90 Å². The summed E-state index contributed by atoms with van der Waals surface area (Å²) >= 11 is 0. The summed E-state index contributed by atoms with van der Waals surface area (Å²) in [5, 5.41) is 17.1. The summed E-state index contributed by atoms with van der Waals surface area (Å²) in [5.41, 5.74) is 0. The second-order valence-electron chi connectivity index (χ2n) is 4.50. The molecule has 4 nitrogen and oxygen atoms in total. The minimum Gasteiger partial charge on any atom is -0.481 e. The predicted molar refractivity (Wildman–Crippen MR) is 60.9 cm³/mol. The van der Waals surface area contributed by atoms with Gasteiger partial charge in [0.25, 0.3) is 0 Å². The normalized spacial score (nSPS) is 18.2. The molecule has 0 aromatic rings. The summed E-state index contributed by atoms with van der Waals surface area (Å²) in [7, 11) is 0. The molecule has 1 saturated heterocycles. The fourth-order valence-electron chi connectivity index (χ4n) is 2.20. The van der Waals surface area contributed by atoms with E-state index in [0.717, 1.165) is 45.3 Å². The molecule has 16 heavy (non-hydrogen) atoms. The van der Waals surface area contributed by atoms with Gasteiger partial charge in [-0.15, -0.1) is 0 Å². The minimum absolute atomic E-state index is 0.322. The van der Waals surface area contributed by atoms with Crippen LogP contribution in [-0.4, -0.2) is 35.6 Å². The van der Waals surface area contributed by atoms with E-state index in [2.05, 4.69) is 11.0 Å². The maximum absolute atomic E-state index is 10.5. The van der Waals surface area contributed by atoms with Crippen molar-refractivity contribution in [1.29, 1.82) is 5.26 Å². The molecular weight excluding hydrogens is 204 g/mol. The highest BCUT2D eigenvalue weighted by molar-refractivity contribution is 5.67. The summed E-state index contributed by atoms with van der Waals surface area (Å²) in [6, 6.07) is 2.15. The van der Waals surface area contributed by atoms with Crippen LogP contribution in [0.1, 0.15) is 38.5 Å². The first-order valence-corrected chi connectivity index (χ1v) is 6.03. The van der Waals surface area contributed by atoms with Crippen molar-refractivity contribution in [3.63, 3.8) is 0 Å². The molecule has 1 aliphatic heterocycles. The fraction of sp³-hybridized carbons (Fsp3) is 0.833. The van der Waals surface area contributed by atoms with Crippen LogP contribution in [0.3, 0.4) is 0 Å². The summed E-state index contributed by atoms with van der Waals surface area (Å²) in [6.07, 6.45) is 5.04. The van der Waals surface area contributed by atoms with Crippen LogP contribution in [0.15, 0.2) is 0 Å². The first-order chi connectivity index (χ1) is 7.72. The highest BCUT2D eigenvalue weighted by atomic mass is 16.4. The number of aliphatic carboxylic acids is 1. The summed E-state index contributed by atoms with van der Waals surface area (Å²) in [6.45, 7) is 3.09. The van der Waals surface area contributed by atoms with Gasteiger partial charge < -0.3 is 10.0 Å². The molecule has 0 saturated carbocycles. The van der Waals surface area contributed by atoms with Gasteiger partial charge in [-0.05, 0) is 51.2 Å². The molecule has 0 spiro atoms. The SMILES string of the molecule is N#CCCCCN1CCC(CC(=O)O)CC1. The third-order valence-corrected chi connectivity index (χ3v) is 3.18. The van der Waals surface area contributed by atoms with Crippen molar-refractivity contribution >= 4 is 5.97 Å². The van der Waals surface area contributed by atoms with Crippen LogP contribution >= 0.6 is 0 Å². The number of nitriles is 1. The number of likely N-dealkylation sites (tertiary alicyclic amines) is 1. The van der Waals surface area contributed by atoms with Crippen LogP contribution in [0.2, 0.25) is 0 Å². The Kier molecular flexibility index (Phi) is 5.87. The molecule has 1 rings (SSSR count). The van der Waals surface area contributed by atoms with Gasteiger partial charge in [0.1, 0.15) is 0 Å². The third kappa shape index (κ3) is 5.13. The van der Waals surface area contributed by atoms with E-state index in [1.807, 2.05) is 0 Å². The molecule has 0 atom stereocenters. The summed E-state index contributed by atoms with van der Waals surface area (Å²) in [4.78, 5) is 12.9. The topological polar surface area (TPSA) is 64.3 Å². The molecule has 1 heterocycles. The minimum atomic E-state index is -0.674. The largest absolute Gasteiger partial charge is 0.481 e. The van der Waals surface area contributed by atoms with Crippen LogP contribution in [0.5, 0.6) is 0 Å². The van der Waals surface area contributed by atoms with E-state index in [0.29, 0.717) is 18.8 Å². The quantitative estimate of drug-likeness (QED) is 0.699. The average Bonchev–Trinajstić information content (AvgIpc) is 2.26. The Labute approximate surface area is 96.9 Å². The second kappa shape index (κ2) is 7.24. The van der Waals surface area contributed by atoms with Crippen molar-refractivity contribution in [2.75, 3.05) is 19.6 Å². The Morgan fingerprint density at radius 2 is 2.06 bits per heavy atom. The number of nitrogens with zero attached hydrogens (tertiary/aromatic N) is 2. The Hall–Kier alpha value is -1.08. The van der Waals surface area contributed by atoms with E-state index >= 15 is 0 Å². The Balaban J connectivity index is 2.08. The van der Waals surface area contributed by atoms with Gasteiger partial charge in [-0.2, -0.15) is 5.26 Å². The molecule has 0 aromatic heterocycles. The van der Waals surface area contributed by atoms with Crippen LogP contribution in [0.25, 0.3) is 0 Å². The number of unbranched alkanes of at least 4 members (excludes halogenated alkanes) is 2. The zero-order valence-electron chi connectivity index (χ0n) is 9.69. The highest BCUT2D eigenvalue weighted by Crippen LogP contribution is 2.20. The predicted octanol–water partition coefficient (Wildman–Crippen LogP) is 1.87. The third-order valence-electron chi connectivity index (χ3n) is 3.18. The molecule has 4 heteroatoms. The number of hydrogen-bond acceptors (Lipinski definition) is 3. The van der Waals surface area contributed by atoms with Crippen LogP contribution in [0.4, 0.5) is 0 Å². The van der Waals surface area contributed by atoms with Crippen molar-refractivity contribution in [3.8, 4) is 6.07 Å². The first kappa shape index (κ1) is 13.0. The van der Waals surface area contributed by atoms with Crippen LogP contribution < -0.4 is 0 Å². The molecule has 90 valence electrons. The van der Waals surface area contributed by atoms with E-state index in [9.17, 15) is 4.79 Å². The number of piperidine rings is 1. The van der Waals surface area contributed by atoms with Crippen molar-refractivity contribution in [2.24, 2.45) is 5.92 Å². The maximum Gasteiger partial charge on any atom is 0.303 e. The van der Waals surface area contributed by atoms with Gasteiger partial charge in [-0.3, -0.25) is 4.79 Å². The zero-order valence-corrected chi connectivity index (χ0v) is 9.69. The van der Waals surface area contributed by atoms with Gasteiger partial charge in [0, 0.05) is 12.8 Å². The molecule has 0 aliphatic carbocycles. The summed E-state index contributed by atoms with van der Waals surface area (Å²) in [5.74, 6) is -0.305. The standard InChI is InChI=1S/C12H20N2O2/c13-6-2-1-3-7-14-8-4-11(5-9-14)10-12(15)16/h11H,1-5,7-10H2,(H,15,16). The molecular formula is C12H20N2O2. The number of rotatable bonds is 6. The molecule has 0 unspecified atom stereocenters. The zero-order chi connectivity index (χ0) is 11.8. The van der Waals surface area contributed by atoms with E-state index in [-0.39, 0.29) is 0 Å². The van der Waals surface area contributed by atoms with Gasteiger partial charge in [-0.1, -0.05) is 0 Å². The Bertz CT molecular complexity index is 252.